The third-order valence-electron chi connectivity index (χ3n) is 5.84. The quantitative estimate of drug-likeness (QED) is 0.0454. The van der Waals surface area contributed by atoms with Gasteiger partial charge in [-0.15, -0.1) is 0 Å². The summed E-state index contributed by atoms with van der Waals surface area (Å²) in [7, 11) is 0. The lowest BCUT2D eigenvalue weighted by molar-refractivity contribution is -0.147. The van der Waals surface area contributed by atoms with Gasteiger partial charge in [-0.2, -0.15) is 12.6 Å². The van der Waals surface area contributed by atoms with E-state index in [1.165, 1.54) is 0 Å². The average molecular weight is 579 g/mol. The van der Waals surface area contributed by atoms with Gasteiger partial charge in [-0.3, -0.25) is 24.2 Å². The van der Waals surface area contributed by atoms with Crippen molar-refractivity contribution in [2.24, 2.45) is 22.2 Å². The maximum Gasteiger partial charge on any atom is 0.326 e. The van der Waals surface area contributed by atoms with Crippen molar-refractivity contribution in [1.29, 1.82) is 0 Å². The highest BCUT2D eigenvalue weighted by Gasteiger charge is 2.30. The van der Waals surface area contributed by atoms with E-state index in [1.807, 2.05) is 24.3 Å². The van der Waals surface area contributed by atoms with Gasteiger partial charge in [0.15, 0.2) is 5.96 Å². The maximum atomic E-state index is 13.1. The van der Waals surface area contributed by atoms with Crippen LogP contribution in [0.4, 0.5) is 0 Å². The molecular formula is C24H34N8O7S. The molecule has 40 heavy (non-hydrogen) atoms. The highest BCUT2D eigenvalue weighted by molar-refractivity contribution is 7.80. The molecule has 15 nitrogen and oxygen atoms in total. The van der Waals surface area contributed by atoms with Crippen LogP contribution in [-0.4, -0.2) is 87.3 Å². The summed E-state index contributed by atoms with van der Waals surface area (Å²) in [5, 5.41) is 26.0. The van der Waals surface area contributed by atoms with Crippen LogP contribution in [0.15, 0.2) is 35.5 Å². The van der Waals surface area contributed by atoms with Gasteiger partial charge in [-0.25, -0.2) is 4.79 Å². The molecular weight excluding hydrogens is 544 g/mol. The van der Waals surface area contributed by atoms with Crippen LogP contribution >= 0.6 is 12.6 Å². The minimum Gasteiger partial charge on any atom is -0.481 e. The number of para-hydroxylation sites is 1. The highest BCUT2D eigenvalue weighted by atomic mass is 32.1. The Labute approximate surface area is 234 Å². The molecule has 0 spiro atoms. The molecule has 0 aliphatic heterocycles. The monoisotopic (exact) mass is 578 g/mol. The maximum absolute atomic E-state index is 13.1. The number of carboxylic acid groups (broad SMARTS) is 2. The van der Waals surface area contributed by atoms with Gasteiger partial charge in [0.2, 0.25) is 17.7 Å². The van der Waals surface area contributed by atoms with Crippen LogP contribution in [0.2, 0.25) is 0 Å². The van der Waals surface area contributed by atoms with Gasteiger partial charge in [0, 0.05) is 29.4 Å². The van der Waals surface area contributed by atoms with Crippen molar-refractivity contribution in [3.63, 3.8) is 0 Å². The Morgan fingerprint density at radius 2 is 1.57 bits per heavy atom. The number of nitrogens with one attached hydrogen (secondary N) is 4. The number of aliphatic imine (C=N–C) groups is 1. The zero-order valence-corrected chi connectivity index (χ0v) is 22.4. The third-order valence-corrected chi connectivity index (χ3v) is 6.20. The zero-order valence-electron chi connectivity index (χ0n) is 21.5. The first kappa shape index (κ1) is 31.9. The Bertz CT molecular complexity index is 1250. The van der Waals surface area contributed by atoms with Crippen molar-refractivity contribution in [2.45, 2.75) is 49.9 Å². The van der Waals surface area contributed by atoms with Gasteiger partial charge in [0.25, 0.3) is 0 Å². The normalized spacial score (nSPS) is 13.8. The first-order chi connectivity index (χ1) is 18.9. The Morgan fingerprint density at radius 3 is 2.20 bits per heavy atom. The van der Waals surface area contributed by atoms with Crippen LogP contribution in [0.3, 0.4) is 0 Å². The average Bonchev–Trinajstić information content (AvgIpc) is 3.30. The van der Waals surface area contributed by atoms with E-state index >= 15 is 0 Å². The number of carbonyl (C=O) groups is 5. The second-order valence-electron chi connectivity index (χ2n) is 8.92. The predicted molar refractivity (Wildman–Crippen MR) is 149 cm³/mol. The van der Waals surface area contributed by atoms with Crippen molar-refractivity contribution in [3.05, 3.63) is 36.0 Å². The summed E-state index contributed by atoms with van der Waals surface area (Å²) >= 11 is 4.04. The van der Waals surface area contributed by atoms with E-state index in [0.717, 1.165) is 16.5 Å². The fraction of sp³-hybridized carbons (Fsp3) is 0.417. The lowest BCUT2D eigenvalue weighted by Crippen LogP contribution is -2.58. The number of aliphatic carboxylic acids is 2. The molecule has 0 saturated heterocycles. The first-order valence-corrected chi connectivity index (χ1v) is 12.9. The van der Waals surface area contributed by atoms with Crippen LogP contribution in [-0.2, 0) is 30.4 Å². The fourth-order valence-electron chi connectivity index (χ4n) is 3.79. The van der Waals surface area contributed by atoms with E-state index in [1.54, 1.807) is 6.20 Å². The van der Waals surface area contributed by atoms with E-state index in [2.05, 4.69) is 38.6 Å². The van der Waals surface area contributed by atoms with Gasteiger partial charge in [0.05, 0.1) is 12.5 Å². The summed E-state index contributed by atoms with van der Waals surface area (Å²) in [5.74, 6) is -5.74. The molecule has 1 aromatic heterocycles. The number of carbonyl (C=O) groups excluding carboxylic acids is 3. The number of H-pyrrole nitrogens is 1. The zero-order chi connectivity index (χ0) is 29.8. The molecule has 2 aromatic rings. The molecule has 0 aliphatic carbocycles. The minimum atomic E-state index is -1.72. The van der Waals surface area contributed by atoms with Crippen LogP contribution in [0.25, 0.3) is 10.9 Å². The van der Waals surface area contributed by atoms with Gasteiger partial charge >= 0.3 is 11.9 Å². The van der Waals surface area contributed by atoms with E-state index in [-0.39, 0.29) is 37.5 Å². The van der Waals surface area contributed by atoms with E-state index in [0.29, 0.717) is 0 Å². The van der Waals surface area contributed by atoms with Gasteiger partial charge in [-0.1, -0.05) is 18.2 Å². The summed E-state index contributed by atoms with van der Waals surface area (Å²) in [6.45, 7) is 0.162. The topological polar surface area (TPSA) is 268 Å². The molecule has 0 saturated carbocycles. The number of rotatable bonds is 16. The number of benzene rings is 1. The number of aromatic amines is 1. The summed E-state index contributed by atoms with van der Waals surface area (Å²) in [5.41, 5.74) is 18.5. The number of hydrogen-bond donors (Lipinski definition) is 10. The largest absolute Gasteiger partial charge is 0.481 e. The second kappa shape index (κ2) is 15.3. The number of hydrogen-bond acceptors (Lipinski definition) is 8. The molecule has 4 unspecified atom stereocenters. The lowest BCUT2D eigenvalue weighted by atomic mass is 10.0. The van der Waals surface area contributed by atoms with E-state index in [4.69, 9.17) is 22.3 Å². The predicted octanol–water partition coefficient (Wildman–Crippen LogP) is -1.97. The molecule has 0 radical (unpaired) electrons. The van der Waals surface area contributed by atoms with Crippen molar-refractivity contribution in [1.82, 2.24) is 20.9 Å². The van der Waals surface area contributed by atoms with E-state index < -0.39 is 60.2 Å². The van der Waals surface area contributed by atoms with Gasteiger partial charge in [0.1, 0.15) is 18.1 Å². The van der Waals surface area contributed by atoms with E-state index in [9.17, 15) is 29.1 Å². The smallest absolute Gasteiger partial charge is 0.326 e. The Hall–Kier alpha value is -4.31. The number of amides is 3. The summed E-state index contributed by atoms with van der Waals surface area (Å²) in [6, 6.07) is 2.29. The standard InChI is InChI=1S/C24H34N8O7S/c25-14(8-12-10-29-15-5-2-1-4-13(12)15)20(35)30-16(6-3-7-28-24(26)27)21(36)32-18(11-40)22(37)31-17(23(38)39)9-19(33)34/h1-2,4-5,10,14,16-18,29,40H,3,6-9,11,25H2,(H,30,35)(H,31,37)(H,32,36)(H,33,34)(H,38,39)(H4,26,27,28). The number of guanidine groups is 1. The summed E-state index contributed by atoms with van der Waals surface area (Å²) in [4.78, 5) is 67.8. The molecule has 0 bridgehead atoms. The number of nitrogens with two attached hydrogens (primary N) is 3. The number of aromatic nitrogens is 1. The number of nitrogens with zero attached hydrogens (tertiary/aromatic N) is 1. The molecule has 4 atom stereocenters. The number of carboxylic acids is 2. The fourth-order valence-corrected chi connectivity index (χ4v) is 4.05. The molecule has 218 valence electrons. The molecule has 0 aliphatic rings. The number of thiol groups is 1. The Balaban J connectivity index is 2.11. The van der Waals surface area contributed by atoms with Crippen LogP contribution in [0.5, 0.6) is 0 Å². The third kappa shape index (κ3) is 9.77. The van der Waals surface area contributed by atoms with Crippen molar-refractivity contribution in [2.75, 3.05) is 12.3 Å². The van der Waals surface area contributed by atoms with Crippen LogP contribution < -0.4 is 33.2 Å². The molecule has 1 aromatic carbocycles. The molecule has 2 rings (SSSR count). The molecule has 1 heterocycles. The van der Waals surface area contributed by atoms with Crippen molar-refractivity contribution >= 4 is 59.2 Å². The minimum absolute atomic E-state index is 0.0752. The van der Waals surface area contributed by atoms with Crippen molar-refractivity contribution < 1.29 is 34.2 Å². The Morgan fingerprint density at radius 1 is 0.950 bits per heavy atom. The van der Waals surface area contributed by atoms with Crippen molar-refractivity contribution in [3.8, 4) is 0 Å². The second-order valence-corrected chi connectivity index (χ2v) is 9.29. The summed E-state index contributed by atoms with van der Waals surface area (Å²) < 4.78 is 0. The Kier molecular flexibility index (Phi) is 12.2. The summed E-state index contributed by atoms with van der Waals surface area (Å²) in [6.07, 6.45) is 1.42. The van der Waals surface area contributed by atoms with Crippen LogP contribution in [0.1, 0.15) is 24.8 Å². The number of fused-ring (bicyclic) bond motifs is 1. The van der Waals surface area contributed by atoms with Crippen LogP contribution in [0, 0.1) is 0 Å². The van der Waals surface area contributed by atoms with Gasteiger partial charge in [-0.05, 0) is 30.9 Å². The molecule has 0 fully saturated rings. The highest BCUT2D eigenvalue weighted by Crippen LogP contribution is 2.18. The lowest BCUT2D eigenvalue weighted by Gasteiger charge is -2.24. The molecule has 16 heteroatoms. The SMILES string of the molecule is NC(N)=NCCCC(NC(=O)C(N)Cc1c[nH]c2ccccc12)C(=O)NC(CS)C(=O)NC(CC(=O)O)C(=O)O. The molecule has 12 N–H and O–H groups in total. The first-order valence-electron chi connectivity index (χ1n) is 12.3. The molecule has 3 amide bonds. The van der Waals surface area contributed by atoms with Gasteiger partial charge < -0.3 is 48.3 Å².